The van der Waals surface area contributed by atoms with E-state index in [-0.39, 0.29) is 5.91 Å². The minimum atomic E-state index is 0.175. The molecule has 0 saturated carbocycles. The number of rotatable bonds is 4. The van der Waals surface area contributed by atoms with Crippen LogP contribution < -0.4 is 9.64 Å². The van der Waals surface area contributed by atoms with Gasteiger partial charge in [0.05, 0.1) is 0 Å². The molecule has 2 aromatic rings. The molecule has 0 spiro atoms. The Kier molecular flexibility index (Phi) is 3.41. The summed E-state index contributed by atoms with van der Waals surface area (Å²) in [5.41, 5.74) is 1.64. The third kappa shape index (κ3) is 2.66. The molecule has 0 N–H and O–H groups in total. The Morgan fingerprint density at radius 3 is 3.00 bits per heavy atom. The lowest BCUT2D eigenvalue weighted by Crippen LogP contribution is -2.23. The van der Waals surface area contributed by atoms with Crippen LogP contribution in [0.2, 0.25) is 0 Å². The quantitative estimate of drug-likeness (QED) is 0.858. The van der Waals surface area contributed by atoms with Gasteiger partial charge in [-0.3, -0.25) is 4.79 Å². The van der Waals surface area contributed by atoms with Crippen LogP contribution in [-0.2, 0) is 11.4 Å². The molecule has 1 aromatic heterocycles. The second-order valence-corrected chi connectivity index (χ2v) is 4.86. The number of aromatic nitrogens is 1. The average Bonchev–Trinajstić information content (AvgIpc) is 3.05. The number of amides is 1. The molecule has 5 heteroatoms. The van der Waals surface area contributed by atoms with Gasteiger partial charge in [0.2, 0.25) is 5.91 Å². The van der Waals surface area contributed by atoms with Gasteiger partial charge in [-0.1, -0.05) is 11.2 Å². The van der Waals surface area contributed by atoms with E-state index in [0.29, 0.717) is 13.0 Å². The Balaban J connectivity index is 1.69. The average molecular weight is 272 g/mol. The standard InChI is InChI=1S/C15H16N2O3/c1-11-8-12(16-20-11)10-19-14-5-2-4-13(9-14)17-7-3-6-15(17)18/h2,4-5,8-9H,3,6-7,10H2,1H3. The molecule has 0 radical (unpaired) electrons. The van der Waals surface area contributed by atoms with E-state index in [9.17, 15) is 4.79 Å². The molecule has 5 nitrogen and oxygen atoms in total. The van der Waals surface area contributed by atoms with Crippen molar-refractivity contribution in [1.82, 2.24) is 5.16 Å². The number of aryl methyl sites for hydroxylation is 1. The topological polar surface area (TPSA) is 55.6 Å². The van der Waals surface area contributed by atoms with Crippen molar-refractivity contribution in [2.24, 2.45) is 0 Å². The fraction of sp³-hybridized carbons (Fsp3) is 0.333. The monoisotopic (exact) mass is 272 g/mol. The van der Waals surface area contributed by atoms with E-state index in [0.717, 1.165) is 35.9 Å². The third-order valence-electron chi connectivity index (χ3n) is 3.27. The van der Waals surface area contributed by atoms with Gasteiger partial charge in [0.15, 0.2) is 0 Å². The van der Waals surface area contributed by atoms with Gasteiger partial charge in [-0.15, -0.1) is 0 Å². The van der Waals surface area contributed by atoms with Gasteiger partial charge in [-0.05, 0) is 25.5 Å². The number of benzene rings is 1. The maximum atomic E-state index is 11.7. The third-order valence-corrected chi connectivity index (χ3v) is 3.27. The van der Waals surface area contributed by atoms with Gasteiger partial charge in [-0.25, -0.2) is 0 Å². The first-order valence-electron chi connectivity index (χ1n) is 6.68. The number of hydrogen-bond acceptors (Lipinski definition) is 4. The van der Waals surface area contributed by atoms with Gasteiger partial charge in [-0.2, -0.15) is 0 Å². The molecule has 1 aromatic carbocycles. The van der Waals surface area contributed by atoms with Crippen LogP contribution in [0.3, 0.4) is 0 Å². The highest BCUT2D eigenvalue weighted by atomic mass is 16.5. The normalized spacial score (nSPS) is 14.8. The maximum absolute atomic E-state index is 11.7. The first-order chi connectivity index (χ1) is 9.72. The van der Waals surface area contributed by atoms with Crippen molar-refractivity contribution in [3.05, 3.63) is 41.8 Å². The summed E-state index contributed by atoms with van der Waals surface area (Å²) in [6.45, 7) is 2.98. The molecule has 104 valence electrons. The van der Waals surface area contributed by atoms with E-state index in [1.54, 1.807) is 4.90 Å². The molecular weight excluding hydrogens is 256 g/mol. The Hall–Kier alpha value is -2.30. The van der Waals surface area contributed by atoms with E-state index < -0.39 is 0 Å². The largest absolute Gasteiger partial charge is 0.487 e. The molecule has 1 aliphatic heterocycles. The summed E-state index contributed by atoms with van der Waals surface area (Å²) in [5, 5.41) is 3.88. The van der Waals surface area contributed by atoms with Crippen LogP contribution in [-0.4, -0.2) is 17.6 Å². The lowest BCUT2D eigenvalue weighted by atomic mass is 10.3. The molecule has 1 amide bonds. The molecule has 3 rings (SSSR count). The van der Waals surface area contributed by atoms with Crippen molar-refractivity contribution in [3.63, 3.8) is 0 Å². The summed E-state index contributed by atoms with van der Waals surface area (Å²) >= 11 is 0. The molecule has 0 bridgehead atoms. The van der Waals surface area contributed by atoms with Crippen LogP contribution in [0.25, 0.3) is 0 Å². The fourth-order valence-electron chi connectivity index (χ4n) is 2.31. The van der Waals surface area contributed by atoms with Crippen molar-refractivity contribution >= 4 is 11.6 Å². The van der Waals surface area contributed by atoms with Crippen molar-refractivity contribution in [3.8, 4) is 5.75 Å². The zero-order chi connectivity index (χ0) is 13.9. The molecule has 0 aliphatic carbocycles. The minimum absolute atomic E-state index is 0.175. The zero-order valence-corrected chi connectivity index (χ0v) is 11.3. The zero-order valence-electron chi connectivity index (χ0n) is 11.3. The van der Waals surface area contributed by atoms with Crippen molar-refractivity contribution in [1.29, 1.82) is 0 Å². The molecule has 1 aliphatic rings. The van der Waals surface area contributed by atoms with Crippen molar-refractivity contribution in [2.45, 2.75) is 26.4 Å². The summed E-state index contributed by atoms with van der Waals surface area (Å²) in [6, 6.07) is 9.42. The highest BCUT2D eigenvalue weighted by Crippen LogP contribution is 2.25. The van der Waals surface area contributed by atoms with Crippen LogP contribution in [0.4, 0.5) is 5.69 Å². The van der Waals surface area contributed by atoms with Gasteiger partial charge < -0.3 is 14.2 Å². The molecule has 20 heavy (non-hydrogen) atoms. The highest BCUT2D eigenvalue weighted by Gasteiger charge is 2.21. The van der Waals surface area contributed by atoms with E-state index >= 15 is 0 Å². The SMILES string of the molecule is Cc1cc(COc2cccc(N3CCCC3=O)c2)no1. The fourth-order valence-corrected chi connectivity index (χ4v) is 2.31. The van der Waals surface area contributed by atoms with Crippen molar-refractivity contribution in [2.75, 3.05) is 11.4 Å². The van der Waals surface area contributed by atoms with E-state index in [2.05, 4.69) is 5.16 Å². The predicted octanol–water partition coefficient (Wildman–Crippen LogP) is 2.69. The first kappa shape index (κ1) is 12.7. The number of ether oxygens (including phenoxy) is 1. The lowest BCUT2D eigenvalue weighted by molar-refractivity contribution is -0.117. The minimum Gasteiger partial charge on any atom is -0.487 e. The van der Waals surface area contributed by atoms with Crippen LogP contribution in [0.1, 0.15) is 24.3 Å². The number of anilines is 1. The molecule has 2 heterocycles. The highest BCUT2D eigenvalue weighted by molar-refractivity contribution is 5.95. The number of hydrogen-bond donors (Lipinski definition) is 0. The number of carbonyl (C=O) groups excluding carboxylic acids is 1. The molecular formula is C15H16N2O3. The second-order valence-electron chi connectivity index (χ2n) is 4.86. The smallest absolute Gasteiger partial charge is 0.227 e. The first-order valence-corrected chi connectivity index (χ1v) is 6.68. The number of nitrogens with zero attached hydrogens (tertiary/aromatic N) is 2. The second kappa shape index (κ2) is 5.36. The van der Waals surface area contributed by atoms with Crippen LogP contribution in [0.5, 0.6) is 5.75 Å². The Labute approximate surface area is 117 Å². The summed E-state index contributed by atoms with van der Waals surface area (Å²) in [7, 11) is 0. The molecule has 0 atom stereocenters. The Morgan fingerprint density at radius 2 is 2.30 bits per heavy atom. The van der Waals surface area contributed by atoms with Crippen molar-refractivity contribution < 1.29 is 14.1 Å². The Morgan fingerprint density at radius 1 is 1.40 bits per heavy atom. The maximum Gasteiger partial charge on any atom is 0.227 e. The van der Waals surface area contributed by atoms with Crippen LogP contribution >= 0.6 is 0 Å². The van der Waals surface area contributed by atoms with Gasteiger partial charge in [0.25, 0.3) is 0 Å². The molecule has 1 fully saturated rings. The molecule has 1 saturated heterocycles. The van der Waals surface area contributed by atoms with E-state index in [4.69, 9.17) is 9.26 Å². The summed E-state index contributed by atoms with van der Waals surface area (Å²) in [4.78, 5) is 13.5. The van der Waals surface area contributed by atoms with E-state index in [1.807, 2.05) is 37.3 Å². The lowest BCUT2D eigenvalue weighted by Gasteiger charge is -2.16. The number of carbonyl (C=O) groups is 1. The van der Waals surface area contributed by atoms with Gasteiger partial charge in [0, 0.05) is 30.8 Å². The van der Waals surface area contributed by atoms with E-state index in [1.165, 1.54) is 0 Å². The predicted molar refractivity (Wildman–Crippen MR) is 73.6 cm³/mol. The summed E-state index contributed by atoms with van der Waals surface area (Å²) < 4.78 is 10.7. The summed E-state index contributed by atoms with van der Waals surface area (Å²) in [6.07, 6.45) is 1.55. The summed E-state index contributed by atoms with van der Waals surface area (Å²) in [5.74, 6) is 1.66. The van der Waals surface area contributed by atoms with Gasteiger partial charge in [0.1, 0.15) is 23.8 Å². The Bertz CT molecular complexity index is 621. The molecule has 0 unspecified atom stereocenters. The van der Waals surface area contributed by atoms with Crippen LogP contribution in [0, 0.1) is 6.92 Å². The van der Waals surface area contributed by atoms with Crippen LogP contribution in [0.15, 0.2) is 34.9 Å². The van der Waals surface area contributed by atoms with Gasteiger partial charge >= 0.3 is 0 Å².